The average molecular weight is 308 g/mol. The van der Waals surface area contributed by atoms with Gasteiger partial charge in [0, 0.05) is 10.9 Å². The largest absolute Gasteiger partial charge is 0.417 e. The fourth-order valence-electron chi connectivity index (χ4n) is 1.22. The molecule has 1 rings (SSSR count). The summed E-state index contributed by atoms with van der Waals surface area (Å²) in [6, 6.07) is 3.81. The van der Waals surface area contributed by atoms with Crippen LogP contribution >= 0.6 is 15.9 Å². The molecular formula is C11H9BrF3NO. The van der Waals surface area contributed by atoms with Crippen LogP contribution in [0.3, 0.4) is 0 Å². The van der Waals surface area contributed by atoms with Gasteiger partial charge < -0.3 is 5.73 Å². The third-order valence-electron chi connectivity index (χ3n) is 1.94. The smallest absolute Gasteiger partial charge is 0.369 e. The number of halogens is 4. The number of amides is 1. The highest BCUT2D eigenvalue weighted by Crippen LogP contribution is 2.34. The van der Waals surface area contributed by atoms with E-state index in [1.54, 1.807) is 0 Å². The number of hydrogen-bond donors (Lipinski definition) is 1. The number of carbonyl (C=O) groups is 1. The topological polar surface area (TPSA) is 43.1 Å². The maximum absolute atomic E-state index is 12.7. The first-order chi connectivity index (χ1) is 7.80. The quantitative estimate of drug-likeness (QED) is 0.914. The molecule has 0 spiro atoms. The van der Waals surface area contributed by atoms with Crippen LogP contribution in [0.25, 0.3) is 6.08 Å². The lowest BCUT2D eigenvalue weighted by molar-refractivity contribution is -0.137. The minimum Gasteiger partial charge on any atom is -0.369 e. The number of benzene rings is 1. The van der Waals surface area contributed by atoms with Crippen LogP contribution in [0.2, 0.25) is 0 Å². The van der Waals surface area contributed by atoms with Gasteiger partial charge in [0.05, 0.1) is 5.56 Å². The first kappa shape index (κ1) is 13.8. The molecule has 0 aliphatic heterocycles. The van der Waals surface area contributed by atoms with Crippen molar-refractivity contribution in [2.24, 2.45) is 5.73 Å². The van der Waals surface area contributed by atoms with Gasteiger partial charge in [-0.2, -0.15) is 13.2 Å². The van der Waals surface area contributed by atoms with Crippen molar-refractivity contribution < 1.29 is 18.0 Å². The van der Waals surface area contributed by atoms with Crippen molar-refractivity contribution in [2.75, 3.05) is 0 Å². The van der Waals surface area contributed by atoms with Crippen molar-refractivity contribution in [1.82, 2.24) is 0 Å². The molecule has 2 N–H and O–H groups in total. The predicted octanol–water partition coefficient (Wildman–Crippen LogP) is 3.36. The van der Waals surface area contributed by atoms with E-state index in [1.807, 2.05) is 0 Å². The molecule has 2 nitrogen and oxygen atoms in total. The lowest BCUT2D eigenvalue weighted by atomic mass is 10.1. The normalized spacial score (nSPS) is 12.0. The number of primary amides is 1. The molecule has 0 bridgehead atoms. The molecule has 0 saturated carbocycles. The lowest BCUT2D eigenvalue weighted by Crippen LogP contribution is -2.09. The van der Waals surface area contributed by atoms with E-state index >= 15 is 0 Å². The highest BCUT2D eigenvalue weighted by Gasteiger charge is 2.32. The van der Waals surface area contributed by atoms with Crippen molar-refractivity contribution >= 4 is 27.9 Å². The van der Waals surface area contributed by atoms with Crippen LogP contribution in [-0.2, 0) is 11.0 Å². The molecular weight excluding hydrogens is 299 g/mol. The standard InChI is InChI=1S/C11H9BrF3NO/c12-8-5-4-7(2-1-3-10(16)17)9(6-8)11(13,14)15/h1-2,4-6H,3H2,(H2,16,17). The molecule has 0 atom stereocenters. The highest BCUT2D eigenvalue weighted by molar-refractivity contribution is 9.10. The van der Waals surface area contributed by atoms with Crippen LogP contribution in [0.1, 0.15) is 17.5 Å². The molecule has 0 heterocycles. The monoisotopic (exact) mass is 307 g/mol. The van der Waals surface area contributed by atoms with Gasteiger partial charge in [0.25, 0.3) is 0 Å². The van der Waals surface area contributed by atoms with Gasteiger partial charge >= 0.3 is 6.18 Å². The molecule has 0 unspecified atom stereocenters. The summed E-state index contributed by atoms with van der Waals surface area (Å²) in [5, 5.41) is 0. The van der Waals surface area contributed by atoms with Crippen molar-refractivity contribution in [1.29, 1.82) is 0 Å². The SMILES string of the molecule is NC(=O)CC=Cc1ccc(Br)cc1C(F)(F)F. The molecule has 0 aromatic heterocycles. The Labute approximate surface area is 104 Å². The zero-order chi connectivity index (χ0) is 13.1. The summed E-state index contributed by atoms with van der Waals surface area (Å²) in [7, 11) is 0. The van der Waals surface area contributed by atoms with E-state index in [1.165, 1.54) is 24.3 Å². The van der Waals surface area contributed by atoms with Crippen LogP contribution in [0.5, 0.6) is 0 Å². The molecule has 1 aromatic carbocycles. The van der Waals surface area contributed by atoms with Crippen LogP contribution in [0.15, 0.2) is 28.7 Å². The van der Waals surface area contributed by atoms with Crippen molar-refractivity contribution in [3.8, 4) is 0 Å². The van der Waals surface area contributed by atoms with Crippen LogP contribution in [0, 0.1) is 0 Å². The second kappa shape index (κ2) is 5.35. The summed E-state index contributed by atoms with van der Waals surface area (Å²) < 4.78 is 38.3. The number of carbonyl (C=O) groups excluding carboxylic acids is 1. The molecule has 1 aromatic rings. The molecule has 0 radical (unpaired) electrons. The summed E-state index contributed by atoms with van der Waals surface area (Å²) in [6.45, 7) is 0. The van der Waals surface area contributed by atoms with Crippen molar-refractivity contribution in [3.63, 3.8) is 0 Å². The van der Waals surface area contributed by atoms with Gasteiger partial charge in [0.1, 0.15) is 0 Å². The number of rotatable bonds is 3. The molecule has 0 saturated heterocycles. The molecule has 6 heteroatoms. The Kier molecular flexibility index (Phi) is 4.34. The molecule has 0 fully saturated rings. The average Bonchev–Trinajstić information content (AvgIpc) is 2.18. The van der Waals surface area contributed by atoms with Gasteiger partial charge in [-0.1, -0.05) is 34.1 Å². The van der Waals surface area contributed by atoms with E-state index in [0.29, 0.717) is 4.47 Å². The molecule has 0 aliphatic carbocycles. The van der Waals surface area contributed by atoms with Gasteiger partial charge in [-0.25, -0.2) is 0 Å². The third kappa shape index (κ3) is 4.22. The fourth-order valence-corrected chi connectivity index (χ4v) is 1.58. The summed E-state index contributed by atoms with van der Waals surface area (Å²) in [4.78, 5) is 10.5. The number of nitrogens with two attached hydrogens (primary N) is 1. The Balaban J connectivity index is 3.07. The van der Waals surface area contributed by atoms with E-state index < -0.39 is 17.6 Å². The summed E-state index contributed by atoms with van der Waals surface area (Å²) in [6.07, 6.45) is -1.98. The van der Waals surface area contributed by atoms with Gasteiger partial charge in [-0.05, 0) is 17.7 Å². The summed E-state index contributed by atoms with van der Waals surface area (Å²) in [5.41, 5.74) is 4.13. The second-order valence-corrected chi connectivity index (χ2v) is 4.22. The molecule has 0 aliphatic rings. The Morgan fingerprint density at radius 1 is 1.41 bits per heavy atom. The Morgan fingerprint density at radius 3 is 2.59 bits per heavy atom. The Bertz CT molecular complexity index is 455. The number of alkyl halides is 3. The minimum atomic E-state index is -4.43. The third-order valence-corrected chi connectivity index (χ3v) is 2.43. The summed E-state index contributed by atoms with van der Waals surface area (Å²) >= 11 is 2.98. The van der Waals surface area contributed by atoms with E-state index in [-0.39, 0.29) is 12.0 Å². The minimum absolute atomic E-state index is 0.00181. The molecule has 17 heavy (non-hydrogen) atoms. The Morgan fingerprint density at radius 2 is 2.06 bits per heavy atom. The van der Waals surface area contributed by atoms with E-state index in [4.69, 9.17) is 5.73 Å². The lowest BCUT2D eigenvalue weighted by Gasteiger charge is -2.10. The number of hydrogen-bond acceptors (Lipinski definition) is 1. The van der Waals surface area contributed by atoms with E-state index in [2.05, 4.69) is 15.9 Å². The fraction of sp³-hybridized carbons (Fsp3) is 0.182. The van der Waals surface area contributed by atoms with E-state index in [0.717, 1.165) is 6.07 Å². The second-order valence-electron chi connectivity index (χ2n) is 3.30. The van der Waals surface area contributed by atoms with Crippen LogP contribution in [0.4, 0.5) is 13.2 Å². The predicted molar refractivity (Wildman–Crippen MR) is 62.0 cm³/mol. The molecule has 92 valence electrons. The van der Waals surface area contributed by atoms with Gasteiger partial charge in [0.2, 0.25) is 5.91 Å². The maximum atomic E-state index is 12.7. The molecule has 1 amide bonds. The van der Waals surface area contributed by atoms with Crippen LogP contribution in [-0.4, -0.2) is 5.91 Å². The first-order valence-corrected chi connectivity index (χ1v) is 5.41. The van der Waals surface area contributed by atoms with Crippen LogP contribution < -0.4 is 5.73 Å². The summed E-state index contributed by atoms with van der Waals surface area (Å²) in [5.74, 6) is -0.591. The zero-order valence-corrected chi connectivity index (χ0v) is 10.2. The van der Waals surface area contributed by atoms with Crippen molar-refractivity contribution in [3.05, 3.63) is 39.9 Å². The zero-order valence-electron chi connectivity index (χ0n) is 8.59. The van der Waals surface area contributed by atoms with Gasteiger partial charge in [-0.15, -0.1) is 0 Å². The van der Waals surface area contributed by atoms with Gasteiger partial charge in [-0.3, -0.25) is 4.79 Å². The first-order valence-electron chi connectivity index (χ1n) is 4.62. The van der Waals surface area contributed by atoms with Crippen molar-refractivity contribution in [2.45, 2.75) is 12.6 Å². The maximum Gasteiger partial charge on any atom is 0.417 e. The van der Waals surface area contributed by atoms with E-state index in [9.17, 15) is 18.0 Å². The highest BCUT2D eigenvalue weighted by atomic mass is 79.9. The Hall–Kier alpha value is -1.30. The van der Waals surface area contributed by atoms with Gasteiger partial charge in [0.15, 0.2) is 0 Å².